The molecule has 1 aliphatic heterocycles. The third-order valence-electron chi connectivity index (χ3n) is 3.69. The molecular formula is C16H16N2O2. The first-order chi connectivity index (χ1) is 9.63. The number of carboxylic acid groups (broad SMARTS) is 1. The van der Waals surface area contributed by atoms with Gasteiger partial charge in [-0.3, -0.25) is 4.90 Å². The minimum atomic E-state index is -0.891. The van der Waals surface area contributed by atoms with E-state index in [1.54, 1.807) is 12.1 Å². The molecule has 0 amide bonds. The van der Waals surface area contributed by atoms with Gasteiger partial charge in [-0.2, -0.15) is 0 Å². The van der Waals surface area contributed by atoms with Gasteiger partial charge in [-0.25, -0.2) is 4.79 Å². The molecule has 102 valence electrons. The molecule has 1 heterocycles. The number of nitrogen functional groups attached to an aromatic ring is 1. The van der Waals surface area contributed by atoms with Gasteiger partial charge in [0.05, 0.1) is 5.56 Å². The van der Waals surface area contributed by atoms with Crippen LogP contribution in [0.15, 0.2) is 42.5 Å². The second kappa shape index (κ2) is 4.98. The maximum absolute atomic E-state index is 10.8. The predicted octanol–water partition coefficient (Wildman–Crippen LogP) is 2.48. The first-order valence-electron chi connectivity index (χ1n) is 6.54. The molecule has 0 radical (unpaired) electrons. The third-order valence-corrected chi connectivity index (χ3v) is 3.69. The van der Waals surface area contributed by atoms with Crippen LogP contribution in [0.5, 0.6) is 0 Å². The Kier molecular flexibility index (Phi) is 3.16. The number of anilines is 1. The zero-order valence-electron chi connectivity index (χ0n) is 11.0. The maximum Gasteiger partial charge on any atom is 0.335 e. The predicted molar refractivity (Wildman–Crippen MR) is 77.2 cm³/mol. The fourth-order valence-corrected chi connectivity index (χ4v) is 2.64. The summed E-state index contributed by atoms with van der Waals surface area (Å²) in [6, 6.07) is 13.1. The fraction of sp³-hybridized carbons (Fsp3) is 0.188. The summed E-state index contributed by atoms with van der Waals surface area (Å²) in [4.78, 5) is 13.1. The van der Waals surface area contributed by atoms with Crippen LogP contribution < -0.4 is 5.73 Å². The fourth-order valence-electron chi connectivity index (χ4n) is 2.64. The van der Waals surface area contributed by atoms with Crippen molar-refractivity contribution in [1.82, 2.24) is 4.90 Å². The lowest BCUT2D eigenvalue weighted by molar-refractivity contribution is 0.0697. The van der Waals surface area contributed by atoms with Crippen LogP contribution in [0, 0.1) is 0 Å². The SMILES string of the molecule is Nc1cccc2c1CN(Cc1ccc(C(=O)O)cc1)C2. The highest BCUT2D eigenvalue weighted by Gasteiger charge is 2.20. The van der Waals surface area contributed by atoms with Gasteiger partial charge < -0.3 is 10.8 Å². The second-order valence-corrected chi connectivity index (χ2v) is 5.13. The summed E-state index contributed by atoms with van der Waals surface area (Å²) >= 11 is 0. The Balaban J connectivity index is 1.71. The summed E-state index contributed by atoms with van der Waals surface area (Å²) in [5, 5.41) is 8.88. The second-order valence-electron chi connectivity index (χ2n) is 5.13. The van der Waals surface area contributed by atoms with E-state index in [0.29, 0.717) is 5.56 Å². The van der Waals surface area contributed by atoms with Gasteiger partial charge in [0.2, 0.25) is 0 Å². The van der Waals surface area contributed by atoms with Gasteiger partial charge in [0.15, 0.2) is 0 Å². The number of benzene rings is 2. The van der Waals surface area contributed by atoms with Crippen molar-refractivity contribution in [2.24, 2.45) is 0 Å². The molecule has 3 rings (SSSR count). The molecule has 0 aliphatic carbocycles. The number of carbonyl (C=O) groups is 1. The number of fused-ring (bicyclic) bond motifs is 1. The van der Waals surface area contributed by atoms with Crippen molar-refractivity contribution in [2.75, 3.05) is 5.73 Å². The van der Waals surface area contributed by atoms with E-state index < -0.39 is 5.97 Å². The zero-order valence-corrected chi connectivity index (χ0v) is 11.0. The Bertz CT molecular complexity index is 650. The topological polar surface area (TPSA) is 66.6 Å². The molecule has 3 N–H and O–H groups in total. The number of hydrogen-bond acceptors (Lipinski definition) is 3. The Morgan fingerprint density at radius 2 is 1.90 bits per heavy atom. The molecule has 0 bridgehead atoms. The molecule has 0 aromatic heterocycles. The van der Waals surface area contributed by atoms with E-state index >= 15 is 0 Å². The summed E-state index contributed by atoms with van der Waals surface area (Å²) in [6.45, 7) is 2.54. The van der Waals surface area contributed by atoms with Crippen LogP contribution in [0.3, 0.4) is 0 Å². The smallest absolute Gasteiger partial charge is 0.335 e. The van der Waals surface area contributed by atoms with Gasteiger partial charge >= 0.3 is 5.97 Å². The molecule has 1 aliphatic rings. The maximum atomic E-state index is 10.8. The van der Waals surface area contributed by atoms with Crippen molar-refractivity contribution in [3.05, 3.63) is 64.7 Å². The van der Waals surface area contributed by atoms with Crippen LogP contribution in [-0.2, 0) is 19.6 Å². The summed E-state index contributed by atoms with van der Waals surface area (Å²) < 4.78 is 0. The minimum absolute atomic E-state index is 0.322. The van der Waals surface area contributed by atoms with Crippen molar-refractivity contribution in [1.29, 1.82) is 0 Å². The van der Waals surface area contributed by atoms with E-state index in [2.05, 4.69) is 11.0 Å². The van der Waals surface area contributed by atoms with Gasteiger partial charge in [0.25, 0.3) is 0 Å². The molecule has 0 unspecified atom stereocenters. The van der Waals surface area contributed by atoms with Crippen LogP contribution in [0.25, 0.3) is 0 Å². The molecule has 0 spiro atoms. The van der Waals surface area contributed by atoms with Crippen LogP contribution in [0.4, 0.5) is 5.69 Å². The summed E-state index contributed by atoms with van der Waals surface area (Å²) in [5.41, 5.74) is 10.8. The number of nitrogens with zero attached hydrogens (tertiary/aromatic N) is 1. The summed E-state index contributed by atoms with van der Waals surface area (Å²) in [7, 11) is 0. The zero-order chi connectivity index (χ0) is 14.1. The Morgan fingerprint density at radius 3 is 2.55 bits per heavy atom. The van der Waals surface area contributed by atoms with Crippen molar-refractivity contribution < 1.29 is 9.90 Å². The van der Waals surface area contributed by atoms with Crippen molar-refractivity contribution in [2.45, 2.75) is 19.6 Å². The average Bonchev–Trinajstić information content (AvgIpc) is 2.83. The molecule has 0 saturated heterocycles. The molecule has 2 aromatic carbocycles. The van der Waals surface area contributed by atoms with Crippen LogP contribution >= 0.6 is 0 Å². The standard InChI is InChI=1S/C16H16N2O2/c17-15-3-1-2-13-9-18(10-14(13)15)8-11-4-6-12(7-5-11)16(19)20/h1-7H,8-10,17H2,(H,19,20). The minimum Gasteiger partial charge on any atom is -0.478 e. The largest absolute Gasteiger partial charge is 0.478 e. The van der Waals surface area contributed by atoms with E-state index in [9.17, 15) is 4.79 Å². The van der Waals surface area contributed by atoms with E-state index in [-0.39, 0.29) is 0 Å². The van der Waals surface area contributed by atoms with E-state index in [4.69, 9.17) is 10.8 Å². The van der Waals surface area contributed by atoms with Crippen molar-refractivity contribution in [3.8, 4) is 0 Å². The number of rotatable bonds is 3. The lowest BCUT2D eigenvalue weighted by Crippen LogP contribution is -2.15. The lowest BCUT2D eigenvalue weighted by atomic mass is 10.1. The summed E-state index contributed by atoms with van der Waals surface area (Å²) in [5.74, 6) is -0.891. The van der Waals surface area contributed by atoms with Gasteiger partial charge in [-0.05, 0) is 34.9 Å². The van der Waals surface area contributed by atoms with Crippen molar-refractivity contribution in [3.63, 3.8) is 0 Å². The highest BCUT2D eigenvalue weighted by molar-refractivity contribution is 5.87. The Labute approximate surface area is 117 Å². The van der Waals surface area contributed by atoms with Gasteiger partial charge in [-0.15, -0.1) is 0 Å². The Morgan fingerprint density at radius 1 is 1.15 bits per heavy atom. The normalized spacial score (nSPS) is 14.2. The van der Waals surface area contributed by atoms with Crippen LogP contribution in [-0.4, -0.2) is 16.0 Å². The van der Waals surface area contributed by atoms with Gasteiger partial charge in [-0.1, -0.05) is 24.3 Å². The lowest BCUT2D eigenvalue weighted by Gasteiger charge is -2.14. The first-order valence-corrected chi connectivity index (χ1v) is 6.54. The first kappa shape index (κ1) is 12.7. The highest BCUT2D eigenvalue weighted by Crippen LogP contribution is 2.28. The molecule has 0 fully saturated rings. The van der Waals surface area contributed by atoms with Crippen LogP contribution in [0.2, 0.25) is 0 Å². The average molecular weight is 268 g/mol. The quantitative estimate of drug-likeness (QED) is 0.839. The van der Waals surface area contributed by atoms with Gasteiger partial charge in [0, 0.05) is 25.3 Å². The van der Waals surface area contributed by atoms with E-state index in [1.807, 2.05) is 24.3 Å². The number of carboxylic acids is 1. The Hall–Kier alpha value is -2.33. The molecule has 0 atom stereocenters. The van der Waals surface area contributed by atoms with E-state index in [1.165, 1.54) is 11.1 Å². The molecule has 0 saturated carbocycles. The highest BCUT2D eigenvalue weighted by atomic mass is 16.4. The van der Waals surface area contributed by atoms with Crippen molar-refractivity contribution >= 4 is 11.7 Å². The third kappa shape index (κ3) is 2.38. The monoisotopic (exact) mass is 268 g/mol. The molecule has 4 nitrogen and oxygen atoms in total. The number of hydrogen-bond donors (Lipinski definition) is 2. The van der Waals surface area contributed by atoms with Gasteiger partial charge in [0.1, 0.15) is 0 Å². The number of aromatic carboxylic acids is 1. The summed E-state index contributed by atoms with van der Waals surface area (Å²) in [6.07, 6.45) is 0. The van der Waals surface area contributed by atoms with E-state index in [0.717, 1.165) is 30.9 Å². The molecule has 4 heteroatoms. The number of nitrogens with two attached hydrogens (primary N) is 1. The molecular weight excluding hydrogens is 252 g/mol. The van der Waals surface area contributed by atoms with Crippen LogP contribution in [0.1, 0.15) is 27.0 Å². The molecule has 20 heavy (non-hydrogen) atoms. The molecule has 2 aromatic rings.